The first-order chi connectivity index (χ1) is 11.2. The summed E-state index contributed by atoms with van der Waals surface area (Å²) in [5, 5.41) is 3.00. The first-order valence-corrected chi connectivity index (χ1v) is 8.84. The number of nitrogens with one attached hydrogen (secondary N) is 1. The van der Waals surface area contributed by atoms with Gasteiger partial charge in [-0.25, -0.2) is 0 Å². The van der Waals surface area contributed by atoms with Gasteiger partial charge in [0, 0.05) is 36.2 Å². The van der Waals surface area contributed by atoms with Gasteiger partial charge in [-0.15, -0.1) is 0 Å². The second-order valence-electron chi connectivity index (χ2n) is 5.91. The molecule has 0 unspecified atom stereocenters. The van der Waals surface area contributed by atoms with E-state index in [-0.39, 0.29) is 5.91 Å². The van der Waals surface area contributed by atoms with E-state index in [0.717, 1.165) is 36.9 Å². The lowest BCUT2D eigenvalue weighted by molar-refractivity contribution is 0.0951. The van der Waals surface area contributed by atoms with Crippen molar-refractivity contribution in [3.8, 4) is 0 Å². The van der Waals surface area contributed by atoms with E-state index in [1.54, 1.807) is 0 Å². The SMILES string of the molecule is O=C(NCCCN1CCc2ccccc2C1)c1cccc(Br)c1. The lowest BCUT2D eigenvalue weighted by Gasteiger charge is -2.28. The summed E-state index contributed by atoms with van der Waals surface area (Å²) in [5.41, 5.74) is 3.62. The van der Waals surface area contributed by atoms with Gasteiger partial charge >= 0.3 is 0 Å². The monoisotopic (exact) mass is 372 g/mol. The van der Waals surface area contributed by atoms with Crippen LogP contribution < -0.4 is 5.32 Å². The Bertz CT molecular complexity index is 687. The van der Waals surface area contributed by atoms with Crippen LogP contribution in [0.2, 0.25) is 0 Å². The second kappa shape index (κ2) is 7.75. The van der Waals surface area contributed by atoms with Crippen molar-refractivity contribution in [1.82, 2.24) is 10.2 Å². The van der Waals surface area contributed by atoms with E-state index in [1.165, 1.54) is 11.1 Å². The normalized spacial score (nSPS) is 14.3. The van der Waals surface area contributed by atoms with Gasteiger partial charge < -0.3 is 5.32 Å². The first-order valence-electron chi connectivity index (χ1n) is 8.05. The number of fused-ring (bicyclic) bond motifs is 1. The molecular weight excluding hydrogens is 352 g/mol. The Morgan fingerprint density at radius 3 is 2.78 bits per heavy atom. The molecule has 2 aromatic rings. The molecule has 1 aliphatic rings. The van der Waals surface area contributed by atoms with Crippen molar-refractivity contribution < 1.29 is 4.79 Å². The molecule has 0 aromatic heterocycles. The van der Waals surface area contributed by atoms with Gasteiger partial charge in [0.05, 0.1) is 0 Å². The fourth-order valence-corrected chi connectivity index (χ4v) is 3.38. The van der Waals surface area contributed by atoms with Crippen LogP contribution in [0.4, 0.5) is 0 Å². The van der Waals surface area contributed by atoms with Crippen molar-refractivity contribution in [2.45, 2.75) is 19.4 Å². The predicted octanol–water partition coefficient (Wildman–Crippen LogP) is 3.63. The summed E-state index contributed by atoms with van der Waals surface area (Å²) in [6, 6.07) is 16.2. The van der Waals surface area contributed by atoms with Crippen molar-refractivity contribution in [3.05, 3.63) is 69.7 Å². The summed E-state index contributed by atoms with van der Waals surface area (Å²) in [6.07, 6.45) is 2.10. The average molecular weight is 373 g/mol. The highest BCUT2D eigenvalue weighted by molar-refractivity contribution is 9.10. The third-order valence-corrected chi connectivity index (χ3v) is 4.73. The molecule has 2 aromatic carbocycles. The number of hydrogen-bond acceptors (Lipinski definition) is 2. The molecule has 0 saturated heterocycles. The highest BCUT2D eigenvalue weighted by Crippen LogP contribution is 2.18. The standard InChI is InChI=1S/C19H21BrN2O/c20-18-8-3-7-16(13-18)19(23)21-10-4-11-22-12-9-15-5-1-2-6-17(15)14-22/h1-3,5-8,13H,4,9-12,14H2,(H,21,23). The van der Waals surface area contributed by atoms with Crippen molar-refractivity contribution in [2.75, 3.05) is 19.6 Å². The molecular formula is C19H21BrN2O. The maximum Gasteiger partial charge on any atom is 0.251 e. The minimum Gasteiger partial charge on any atom is -0.352 e. The molecule has 0 aliphatic carbocycles. The number of carbonyl (C=O) groups excluding carboxylic acids is 1. The van der Waals surface area contributed by atoms with Gasteiger partial charge in [0.2, 0.25) is 0 Å². The molecule has 3 nitrogen and oxygen atoms in total. The number of benzene rings is 2. The largest absolute Gasteiger partial charge is 0.352 e. The maximum absolute atomic E-state index is 12.1. The molecule has 1 heterocycles. The van der Waals surface area contributed by atoms with Crippen LogP contribution in [-0.2, 0) is 13.0 Å². The molecule has 1 N–H and O–H groups in total. The minimum absolute atomic E-state index is 0.00436. The number of rotatable bonds is 5. The second-order valence-corrected chi connectivity index (χ2v) is 6.83. The van der Waals surface area contributed by atoms with Crippen LogP contribution in [0.1, 0.15) is 27.9 Å². The van der Waals surface area contributed by atoms with E-state index in [1.807, 2.05) is 24.3 Å². The topological polar surface area (TPSA) is 32.3 Å². The molecule has 3 rings (SSSR count). The Labute approximate surface area is 145 Å². The number of amides is 1. The van der Waals surface area contributed by atoms with Gasteiger partial charge in [-0.05, 0) is 42.2 Å². The molecule has 0 saturated carbocycles. The molecule has 0 bridgehead atoms. The fraction of sp³-hybridized carbons (Fsp3) is 0.316. The van der Waals surface area contributed by atoms with Gasteiger partial charge in [-0.3, -0.25) is 9.69 Å². The Balaban J connectivity index is 1.41. The molecule has 1 aliphatic heterocycles. The number of hydrogen-bond donors (Lipinski definition) is 1. The molecule has 120 valence electrons. The Morgan fingerprint density at radius 1 is 1.13 bits per heavy atom. The summed E-state index contributed by atoms with van der Waals surface area (Å²) < 4.78 is 0.928. The summed E-state index contributed by atoms with van der Waals surface area (Å²) in [5.74, 6) is -0.00436. The van der Waals surface area contributed by atoms with Crippen LogP contribution in [0.15, 0.2) is 53.0 Å². The highest BCUT2D eigenvalue weighted by atomic mass is 79.9. The average Bonchev–Trinajstić information content (AvgIpc) is 2.58. The Morgan fingerprint density at radius 2 is 1.96 bits per heavy atom. The lowest BCUT2D eigenvalue weighted by Crippen LogP contribution is -2.33. The van der Waals surface area contributed by atoms with E-state index < -0.39 is 0 Å². The minimum atomic E-state index is -0.00436. The summed E-state index contributed by atoms with van der Waals surface area (Å²) in [4.78, 5) is 14.5. The van der Waals surface area contributed by atoms with Crippen LogP contribution in [0.3, 0.4) is 0 Å². The maximum atomic E-state index is 12.1. The van der Waals surface area contributed by atoms with Gasteiger partial charge in [-0.2, -0.15) is 0 Å². The molecule has 0 atom stereocenters. The zero-order chi connectivity index (χ0) is 16.1. The summed E-state index contributed by atoms with van der Waals surface area (Å²) in [7, 11) is 0. The molecule has 0 spiro atoms. The Kier molecular flexibility index (Phi) is 5.47. The van der Waals surface area contributed by atoms with Crippen LogP contribution in [-0.4, -0.2) is 30.4 Å². The van der Waals surface area contributed by atoms with E-state index in [9.17, 15) is 4.79 Å². The van der Waals surface area contributed by atoms with Crippen LogP contribution >= 0.6 is 15.9 Å². The van der Waals surface area contributed by atoms with Crippen LogP contribution in [0.25, 0.3) is 0 Å². The van der Waals surface area contributed by atoms with Crippen LogP contribution in [0, 0.1) is 0 Å². The molecule has 0 fully saturated rings. The molecule has 1 amide bonds. The molecule has 0 radical (unpaired) electrons. The summed E-state index contributed by atoms with van der Waals surface area (Å²) >= 11 is 3.39. The zero-order valence-corrected chi connectivity index (χ0v) is 14.7. The quantitative estimate of drug-likeness (QED) is 0.812. The zero-order valence-electron chi connectivity index (χ0n) is 13.1. The van der Waals surface area contributed by atoms with Gasteiger partial charge in [0.1, 0.15) is 0 Å². The van der Waals surface area contributed by atoms with Crippen molar-refractivity contribution >= 4 is 21.8 Å². The first kappa shape index (κ1) is 16.2. The predicted molar refractivity (Wildman–Crippen MR) is 96.5 cm³/mol. The number of halogens is 1. The molecule has 4 heteroatoms. The van der Waals surface area contributed by atoms with Crippen molar-refractivity contribution in [3.63, 3.8) is 0 Å². The van der Waals surface area contributed by atoms with Crippen molar-refractivity contribution in [2.24, 2.45) is 0 Å². The Hall–Kier alpha value is -1.65. The van der Waals surface area contributed by atoms with E-state index >= 15 is 0 Å². The van der Waals surface area contributed by atoms with Crippen molar-refractivity contribution in [1.29, 1.82) is 0 Å². The third-order valence-electron chi connectivity index (χ3n) is 4.23. The lowest BCUT2D eigenvalue weighted by atomic mass is 10.00. The smallest absolute Gasteiger partial charge is 0.251 e. The van der Waals surface area contributed by atoms with E-state index in [0.29, 0.717) is 12.1 Å². The fourth-order valence-electron chi connectivity index (χ4n) is 2.98. The van der Waals surface area contributed by atoms with Gasteiger partial charge in [0.25, 0.3) is 5.91 Å². The highest BCUT2D eigenvalue weighted by Gasteiger charge is 2.15. The number of nitrogens with zero attached hydrogens (tertiary/aromatic N) is 1. The van der Waals surface area contributed by atoms with E-state index in [4.69, 9.17) is 0 Å². The van der Waals surface area contributed by atoms with Crippen LogP contribution in [0.5, 0.6) is 0 Å². The third kappa shape index (κ3) is 4.43. The van der Waals surface area contributed by atoms with Gasteiger partial charge in [-0.1, -0.05) is 46.3 Å². The molecule has 23 heavy (non-hydrogen) atoms. The number of carbonyl (C=O) groups is 1. The van der Waals surface area contributed by atoms with Gasteiger partial charge in [0.15, 0.2) is 0 Å². The van der Waals surface area contributed by atoms with E-state index in [2.05, 4.69) is 50.4 Å². The summed E-state index contributed by atoms with van der Waals surface area (Å²) in [6.45, 7) is 3.86.